The van der Waals surface area contributed by atoms with Gasteiger partial charge in [-0.3, -0.25) is 8.63 Å². The summed E-state index contributed by atoms with van der Waals surface area (Å²) >= 11 is 0. The molecule has 0 aromatic heterocycles. The molecule has 7 heavy (non-hydrogen) atoms. The van der Waals surface area contributed by atoms with Gasteiger partial charge in [-0.15, -0.1) is 0 Å². The van der Waals surface area contributed by atoms with Crippen LogP contribution in [0.3, 0.4) is 0 Å². The van der Waals surface area contributed by atoms with Gasteiger partial charge < -0.3 is 5.11 Å². The fourth-order valence-electron chi connectivity index (χ4n) is 0.0563. The highest BCUT2D eigenvalue weighted by Crippen LogP contribution is 2.02. The van der Waals surface area contributed by atoms with E-state index in [1.165, 1.54) is 0 Å². The minimum absolute atomic E-state index is 0.259. The maximum Gasteiger partial charge on any atom is 0.604 e. The lowest BCUT2D eigenvalue weighted by molar-refractivity contribution is 0.443. The normalized spacial score (nSPS) is 11.6. The molecule has 0 fully saturated rings. The van der Waals surface area contributed by atoms with E-state index in [4.69, 9.17) is 5.11 Å². The van der Waals surface area contributed by atoms with Crippen LogP contribution in [0.1, 0.15) is 0 Å². The summed E-state index contributed by atoms with van der Waals surface area (Å²) in [5.74, 6) is 0. The summed E-state index contributed by atoms with van der Waals surface area (Å²) in [6.07, 6.45) is -0.259. The van der Waals surface area contributed by atoms with Crippen LogP contribution in [0.4, 0.5) is 13.0 Å². The van der Waals surface area contributed by atoms with Gasteiger partial charge in [0.1, 0.15) is 6.26 Å². The molecular formula is C2H2BF3O. The predicted molar refractivity (Wildman–Crippen MR) is 19.8 cm³/mol. The molecule has 0 atom stereocenters. The highest BCUT2D eigenvalue weighted by atomic mass is 19.2. The summed E-state index contributed by atoms with van der Waals surface area (Å²) in [5.41, 5.74) is -1.81. The van der Waals surface area contributed by atoms with Gasteiger partial charge in [0, 0.05) is 0 Å². The highest BCUT2D eigenvalue weighted by molar-refractivity contribution is 6.51. The van der Waals surface area contributed by atoms with Crippen LogP contribution in [-0.2, 0) is 0 Å². The van der Waals surface area contributed by atoms with Crippen molar-refractivity contribution in [2.45, 2.75) is 0 Å². The number of rotatable bonds is 1. The molecular weight excluding hydrogens is 108 g/mol. The van der Waals surface area contributed by atoms with Gasteiger partial charge in [0.2, 0.25) is 0 Å². The molecule has 0 aliphatic rings. The smallest absolute Gasteiger partial charge is 0.514 e. The van der Waals surface area contributed by atoms with E-state index in [-0.39, 0.29) is 6.26 Å². The summed E-state index contributed by atoms with van der Waals surface area (Å²) in [7, 11) is -3.19. The van der Waals surface area contributed by atoms with Crippen molar-refractivity contribution in [3.63, 3.8) is 0 Å². The van der Waals surface area contributed by atoms with E-state index < -0.39 is 13.0 Å². The average molecular weight is 110 g/mol. The molecule has 0 aliphatic carbocycles. The van der Waals surface area contributed by atoms with Gasteiger partial charge in [0.25, 0.3) is 0 Å². The Balaban J connectivity index is 3.56. The van der Waals surface area contributed by atoms with Crippen molar-refractivity contribution in [3.05, 3.63) is 12.0 Å². The van der Waals surface area contributed by atoms with Crippen molar-refractivity contribution >= 4 is 7.27 Å². The average Bonchev–Trinajstić information content (AvgIpc) is 1.65. The Hall–Kier alpha value is -0.605. The summed E-state index contributed by atoms with van der Waals surface area (Å²) in [6.45, 7) is 0. The van der Waals surface area contributed by atoms with Gasteiger partial charge >= 0.3 is 7.27 Å². The molecule has 40 valence electrons. The maximum absolute atomic E-state index is 11.1. The lowest BCUT2D eigenvalue weighted by atomic mass is 9.98. The van der Waals surface area contributed by atoms with Crippen molar-refractivity contribution in [2.24, 2.45) is 0 Å². The zero-order chi connectivity index (χ0) is 5.86. The zero-order valence-corrected chi connectivity index (χ0v) is 3.24. The number of halogens is 3. The van der Waals surface area contributed by atoms with Gasteiger partial charge in [-0.2, -0.15) is 0 Å². The van der Waals surface area contributed by atoms with Crippen LogP contribution < -0.4 is 0 Å². The number of hydrogen-bond acceptors (Lipinski definition) is 1. The lowest BCUT2D eigenvalue weighted by Crippen LogP contribution is -1.96. The quantitative estimate of drug-likeness (QED) is 0.398. The molecule has 0 radical (unpaired) electrons. The van der Waals surface area contributed by atoms with E-state index in [0.717, 1.165) is 0 Å². The van der Waals surface area contributed by atoms with Crippen molar-refractivity contribution in [3.8, 4) is 0 Å². The molecule has 0 saturated heterocycles. The topological polar surface area (TPSA) is 20.2 Å². The first kappa shape index (κ1) is 6.39. The van der Waals surface area contributed by atoms with Crippen LogP contribution in [0.5, 0.6) is 0 Å². The Morgan fingerprint density at radius 3 is 2.00 bits per heavy atom. The third-order valence-electron chi connectivity index (χ3n) is 0.332. The molecule has 0 unspecified atom stereocenters. The molecule has 0 aliphatic heterocycles. The molecule has 5 heteroatoms. The fraction of sp³-hybridized carbons (Fsp3) is 0. The Morgan fingerprint density at radius 1 is 1.57 bits per heavy atom. The van der Waals surface area contributed by atoms with Crippen molar-refractivity contribution in [1.82, 2.24) is 0 Å². The van der Waals surface area contributed by atoms with E-state index in [0.29, 0.717) is 0 Å². The number of hydrogen-bond donors (Lipinski definition) is 1. The van der Waals surface area contributed by atoms with Crippen LogP contribution in [0, 0.1) is 0 Å². The molecule has 0 amide bonds. The largest absolute Gasteiger partial charge is 0.604 e. The van der Waals surface area contributed by atoms with E-state index in [1.54, 1.807) is 0 Å². The van der Waals surface area contributed by atoms with E-state index in [9.17, 15) is 13.0 Å². The standard InChI is InChI=1S/C2H2BF3O/c4-2(1-7)3(5)6/h1,7H/b2-1-. The molecule has 0 saturated carbocycles. The fourth-order valence-corrected chi connectivity index (χ4v) is 0.0563. The Bertz CT molecular complexity index is 81.0. The van der Waals surface area contributed by atoms with Gasteiger partial charge in [-0.05, 0) is 0 Å². The van der Waals surface area contributed by atoms with Crippen molar-refractivity contribution in [1.29, 1.82) is 0 Å². The predicted octanol–water partition coefficient (Wildman–Crippen LogP) is 1.32. The summed E-state index contributed by atoms with van der Waals surface area (Å²) in [6, 6.07) is 0. The summed E-state index contributed by atoms with van der Waals surface area (Å²) in [4.78, 5) is 0. The Kier molecular flexibility index (Phi) is 2.33. The monoisotopic (exact) mass is 110 g/mol. The van der Waals surface area contributed by atoms with Crippen molar-refractivity contribution in [2.75, 3.05) is 0 Å². The SMILES string of the molecule is O/C=C(\F)B(F)F. The summed E-state index contributed by atoms with van der Waals surface area (Å²) in [5, 5.41) is 7.49. The first-order chi connectivity index (χ1) is 3.18. The minimum Gasteiger partial charge on any atom is -0.514 e. The van der Waals surface area contributed by atoms with E-state index in [2.05, 4.69) is 0 Å². The first-order valence-electron chi connectivity index (χ1n) is 1.46. The van der Waals surface area contributed by atoms with Crippen LogP contribution in [0.25, 0.3) is 0 Å². The van der Waals surface area contributed by atoms with Gasteiger partial charge in [0.15, 0.2) is 5.73 Å². The number of aliphatic hydroxyl groups is 1. The third kappa shape index (κ3) is 2.14. The van der Waals surface area contributed by atoms with Crippen LogP contribution in [-0.4, -0.2) is 12.4 Å². The molecule has 1 N–H and O–H groups in total. The van der Waals surface area contributed by atoms with Crippen molar-refractivity contribution < 1.29 is 18.1 Å². The molecule has 0 heterocycles. The lowest BCUT2D eigenvalue weighted by Gasteiger charge is -1.80. The van der Waals surface area contributed by atoms with Crippen LogP contribution in [0.15, 0.2) is 12.0 Å². The molecule has 0 rings (SSSR count). The van der Waals surface area contributed by atoms with Gasteiger partial charge in [-0.1, -0.05) is 0 Å². The Labute approximate surface area is 38.6 Å². The maximum atomic E-state index is 11.1. The molecule has 0 bridgehead atoms. The second kappa shape index (κ2) is 2.55. The Morgan fingerprint density at radius 2 is 2.00 bits per heavy atom. The third-order valence-corrected chi connectivity index (χ3v) is 0.332. The molecule has 0 spiro atoms. The second-order valence-corrected chi connectivity index (χ2v) is 0.815. The minimum atomic E-state index is -3.19. The van der Waals surface area contributed by atoms with Crippen LogP contribution >= 0.6 is 0 Å². The first-order valence-corrected chi connectivity index (χ1v) is 1.46. The van der Waals surface area contributed by atoms with Crippen LogP contribution in [0.2, 0.25) is 0 Å². The van der Waals surface area contributed by atoms with Gasteiger partial charge in [-0.25, -0.2) is 4.39 Å². The summed E-state index contributed by atoms with van der Waals surface area (Å²) < 4.78 is 32.8. The molecule has 0 aromatic rings. The zero-order valence-electron chi connectivity index (χ0n) is 3.24. The van der Waals surface area contributed by atoms with E-state index in [1.807, 2.05) is 0 Å². The molecule has 0 aromatic carbocycles. The highest BCUT2D eigenvalue weighted by Gasteiger charge is 2.19. The van der Waals surface area contributed by atoms with Gasteiger partial charge in [0.05, 0.1) is 0 Å². The molecule has 1 nitrogen and oxygen atoms in total. The second-order valence-electron chi connectivity index (χ2n) is 0.815. The number of aliphatic hydroxyl groups excluding tert-OH is 1. The van der Waals surface area contributed by atoms with E-state index >= 15 is 0 Å².